The van der Waals surface area contributed by atoms with Gasteiger partial charge in [-0.15, -0.1) is 0 Å². The molecule has 0 aliphatic carbocycles. The van der Waals surface area contributed by atoms with Crippen molar-refractivity contribution in [1.29, 1.82) is 0 Å². The minimum Gasteiger partial charge on any atom is -0.309 e. The Hall–Kier alpha value is -7.64. The van der Waals surface area contributed by atoms with Crippen LogP contribution in [0.5, 0.6) is 0 Å². The molecule has 2 aromatic heterocycles. The summed E-state index contributed by atoms with van der Waals surface area (Å²) in [5, 5.41) is 2.20. The standard InChI is InChI=1S/C58H45F3N4/c1-34-27-36(3)53(37(4)28-34)43-19-24-48-49-25-20-44(54-38(5)29-35(2)30-39(54)6)32-52(49)65(51(48)31-43)46-23-26-47(40-17-21-45(22-18-40)58(59,60)61)50(33-46)57-63-55(41-13-9-7-10-14-41)62-56(64-57)42-15-11-8-12-16-42/h7-33H,1-6H3. The van der Waals surface area contributed by atoms with E-state index in [9.17, 15) is 13.2 Å². The second-order valence-electron chi connectivity index (χ2n) is 17.2. The average Bonchev–Trinajstić information content (AvgIpc) is 3.61. The van der Waals surface area contributed by atoms with E-state index in [0.717, 1.165) is 61.9 Å². The van der Waals surface area contributed by atoms with Crippen LogP contribution in [0, 0.1) is 41.5 Å². The van der Waals surface area contributed by atoms with Crippen molar-refractivity contribution in [3.05, 3.63) is 203 Å². The van der Waals surface area contributed by atoms with Crippen LogP contribution in [-0.2, 0) is 6.18 Å². The summed E-state index contributed by atoms with van der Waals surface area (Å²) in [7, 11) is 0. The fraction of sp³-hybridized carbons (Fsp3) is 0.121. The van der Waals surface area contributed by atoms with Crippen molar-refractivity contribution in [2.45, 2.75) is 47.7 Å². The molecule has 10 aromatic rings. The quantitative estimate of drug-likeness (QED) is 0.160. The van der Waals surface area contributed by atoms with Gasteiger partial charge in [-0.1, -0.05) is 139 Å². The van der Waals surface area contributed by atoms with E-state index >= 15 is 0 Å². The summed E-state index contributed by atoms with van der Waals surface area (Å²) in [5.41, 5.74) is 17.6. The van der Waals surface area contributed by atoms with Crippen LogP contribution >= 0.6 is 0 Å². The monoisotopic (exact) mass is 854 g/mol. The summed E-state index contributed by atoms with van der Waals surface area (Å²) >= 11 is 0. The lowest BCUT2D eigenvalue weighted by atomic mass is 9.92. The van der Waals surface area contributed by atoms with Gasteiger partial charge in [-0.3, -0.25) is 0 Å². The van der Waals surface area contributed by atoms with E-state index < -0.39 is 11.7 Å². The first kappa shape index (κ1) is 41.4. The van der Waals surface area contributed by atoms with E-state index in [0.29, 0.717) is 34.2 Å². The first-order valence-corrected chi connectivity index (χ1v) is 21.7. The molecule has 0 aliphatic rings. The molecule has 0 saturated heterocycles. The van der Waals surface area contributed by atoms with Crippen molar-refractivity contribution in [2.24, 2.45) is 0 Å². The Kier molecular flexibility index (Phi) is 10.3. The van der Waals surface area contributed by atoms with Crippen LogP contribution in [0.1, 0.15) is 38.9 Å². The lowest BCUT2D eigenvalue weighted by Crippen LogP contribution is -2.04. The summed E-state index contributed by atoms with van der Waals surface area (Å²) in [6, 6.07) is 53.3. The molecule has 0 atom stereocenters. The molecular weight excluding hydrogens is 810 g/mol. The maximum absolute atomic E-state index is 13.9. The lowest BCUT2D eigenvalue weighted by Gasteiger charge is -2.17. The van der Waals surface area contributed by atoms with Crippen molar-refractivity contribution in [3.63, 3.8) is 0 Å². The van der Waals surface area contributed by atoms with Gasteiger partial charge >= 0.3 is 6.18 Å². The van der Waals surface area contributed by atoms with E-state index in [1.165, 1.54) is 56.6 Å². The molecule has 0 fully saturated rings. The van der Waals surface area contributed by atoms with Crippen LogP contribution in [-0.4, -0.2) is 19.5 Å². The number of fused-ring (bicyclic) bond motifs is 3. The SMILES string of the molecule is Cc1cc(C)c(-c2ccc3c4ccc(-c5c(C)cc(C)cc5C)cc4n(-c4ccc(-c5ccc(C(F)(F)F)cc5)c(-c5nc(-c6ccccc6)nc(-c6ccccc6)n5)c4)c3c2)c(C)c1. The number of aromatic nitrogens is 4. The van der Waals surface area contributed by atoms with Crippen LogP contribution in [0.4, 0.5) is 13.2 Å². The number of nitrogens with zero attached hydrogens (tertiary/aromatic N) is 4. The van der Waals surface area contributed by atoms with Gasteiger partial charge in [-0.25, -0.2) is 15.0 Å². The van der Waals surface area contributed by atoms with Crippen molar-refractivity contribution < 1.29 is 13.2 Å². The van der Waals surface area contributed by atoms with E-state index in [4.69, 9.17) is 15.0 Å². The molecular formula is C58H45F3N4. The van der Waals surface area contributed by atoms with Gasteiger partial charge in [0.25, 0.3) is 0 Å². The summed E-state index contributed by atoms with van der Waals surface area (Å²) < 4.78 is 44.0. The number of hydrogen-bond donors (Lipinski definition) is 0. The zero-order valence-electron chi connectivity index (χ0n) is 37.0. The molecule has 0 spiro atoms. The largest absolute Gasteiger partial charge is 0.416 e. The summed E-state index contributed by atoms with van der Waals surface area (Å²) in [4.78, 5) is 15.2. The molecule has 7 heteroatoms. The minimum atomic E-state index is -4.48. The van der Waals surface area contributed by atoms with Crippen LogP contribution in [0.2, 0.25) is 0 Å². The Morgan fingerprint density at radius 1 is 0.385 bits per heavy atom. The van der Waals surface area contributed by atoms with E-state index in [1.54, 1.807) is 0 Å². The second-order valence-corrected chi connectivity index (χ2v) is 17.2. The Labute approximate surface area is 376 Å². The number of benzene rings is 8. The molecule has 0 aliphatic heterocycles. The molecule has 0 unspecified atom stereocenters. The van der Waals surface area contributed by atoms with Crippen LogP contribution in [0.25, 0.3) is 95.0 Å². The molecule has 0 saturated carbocycles. The smallest absolute Gasteiger partial charge is 0.309 e. The molecule has 65 heavy (non-hydrogen) atoms. The molecule has 2 heterocycles. The summed E-state index contributed by atoms with van der Waals surface area (Å²) in [6.45, 7) is 12.9. The van der Waals surface area contributed by atoms with Gasteiger partial charge in [-0.2, -0.15) is 13.2 Å². The highest BCUT2D eigenvalue weighted by Crippen LogP contribution is 2.42. The molecule has 318 valence electrons. The summed E-state index contributed by atoms with van der Waals surface area (Å²) in [5.74, 6) is 1.36. The first-order chi connectivity index (χ1) is 31.3. The molecule has 10 rings (SSSR count). The number of hydrogen-bond acceptors (Lipinski definition) is 3. The van der Waals surface area contributed by atoms with Gasteiger partial charge in [0.15, 0.2) is 17.5 Å². The molecule has 0 N–H and O–H groups in total. The third-order valence-corrected chi connectivity index (χ3v) is 12.4. The third kappa shape index (κ3) is 7.67. The number of rotatable bonds is 7. The minimum absolute atomic E-state index is 0.397. The Morgan fingerprint density at radius 3 is 1.26 bits per heavy atom. The molecule has 0 radical (unpaired) electrons. The van der Waals surface area contributed by atoms with Crippen LogP contribution < -0.4 is 0 Å². The number of halogens is 3. The predicted molar refractivity (Wildman–Crippen MR) is 260 cm³/mol. The highest BCUT2D eigenvalue weighted by molar-refractivity contribution is 6.11. The molecule has 0 amide bonds. The first-order valence-electron chi connectivity index (χ1n) is 21.7. The number of aryl methyl sites for hydroxylation is 6. The Morgan fingerprint density at radius 2 is 0.815 bits per heavy atom. The molecule has 0 bridgehead atoms. The van der Waals surface area contributed by atoms with Crippen LogP contribution in [0.15, 0.2) is 164 Å². The van der Waals surface area contributed by atoms with Gasteiger partial charge < -0.3 is 4.57 Å². The van der Waals surface area contributed by atoms with Crippen molar-refractivity contribution >= 4 is 21.8 Å². The van der Waals surface area contributed by atoms with Gasteiger partial charge in [0.1, 0.15) is 0 Å². The van der Waals surface area contributed by atoms with Crippen molar-refractivity contribution in [2.75, 3.05) is 0 Å². The maximum Gasteiger partial charge on any atom is 0.416 e. The van der Waals surface area contributed by atoms with Gasteiger partial charge in [0.2, 0.25) is 0 Å². The number of alkyl halides is 3. The molecule has 4 nitrogen and oxygen atoms in total. The predicted octanol–water partition coefficient (Wildman–Crippen LogP) is 15.8. The maximum atomic E-state index is 13.9. The fourth-order valence-corrected chi connectivity index (χ4v) is 9.75. The highest BCUT2D eigenvalue weighted by Gasteiger charge is 2.30. The van der Waals surface area contributed by atoms with E-state index in [-0.39, 0.29) is 0 Å². The van der Waals surface area contributed by atoms with Gasteiger partial charge in [-0.05, 0) is 134 Å². The van der Waals surface area contributed by atoms with Crippen molar-refractivity contribution in [1.82, 2.24) is 19.5 Å². The van der Waals surface area contributed by atoms with E-state index in [1.807, 2.05) is 66.7 Å². The second kappa shape index (κ2) is 16.2. The van der Waals surface area contributed by atoms with Crippen LogP contribution in [0.3, 0.4) is 0 Å². The fourth-order valence-electron chi connectivity index (χ4n) is 9.75. The average molecular weight is 855 g/mol. The Balaban J connectivity index is 1.28. The third-order valence-electron chi connectivity index (χ3n) is 12.4. The van der Waals surface area contributed by atoms with Crippen molar-refractivity contribution in [3.8, 4) is 73.2 Å². The normalized spacial score (nSPS) is 11.8. The zero-order valence-corrected chi connectivity index (χ0v) is 37.0. The molecule has 8 aromatic carbocycles. The van der Waals surface area contributed by atoms with E-state index in [2.05, 4.69) is 119 Å². The van der Waals surface area contributed by atoms with Gasteiger partial charge in [0, 0.05) is 33.2 Å². The zero-order chi connectivity index (χ0) is 45.1. The Bertz CT molecular complexity index is 3240. The lowest BCUT2D eigenvalue weighted by molar-refractivity contribution is -0.137. The highest BCUT2D eigenvalue weighted by atomic mass is 19.4. The topological polar surface area (TPSA) is 43.6 Å². The van der Waals surface area contributed by atoms with Gasteiger partial charge in [0.05, 0.1) is 16.6 Å². The summed E-state index contributed by atoms with van der Waals surface area (Å²) in [6.07, 6.45) is -4.48.